The molecule has 1 rings (SSSR count). The van der Waals surface area contributed by atoms with Crippen molar-refractivity contribution in [2.45, 2.75) is 39.8 Å². The number of ether oxygens (including phenoxy) is 1. The summed E-state index contributed by atoms with van der Waals surface area (Å²) < 4.78 is 4.98. The Kier molecular flexibility index (Phi) is 5.76. The van der Waals surface area contributed by atoms with Crippen molar-refractivity contribution >= 4 is 5.69 Å². The Morgan fingerprint density at radius 2 is 2.05 bits per heavy atom. The first-order chi connectivity index (χ1) is 8.93. The molecule has 0 saturated carbocycles. The van der Waals surface area contributed by atoms with E-state index in [1.54, 1.807) is 12.1 Å². The lowest BCUT2D eigenvalue weighted by Crippen LogP contribution is -2.26. The molecule has 1 atom stereocenters. The molecule has 1 aromatic rings. The second-order valence-corrected chi connectivity index (χ2v) is 5.17. The van der Waals surface area contributed by atoms with Gasteiger partial charge in [0.15, 0.2) is 5.75 Å². The maximum absolute atomic E-state index is 10.9. The van der Waals surface area contributed by atoms with Crippen molar-refractivity contribution in [3.8, 4) is 5.75 Å². The minimum Gasteiger partial charge on any atom is -0.490 e. The molecule has 0 heterocycles. The lowest BCUT2D eigenvalue weighted by Gasteiger charge is -2.16. The van der Waals surface area contributed by atoms with Gasteiger partial charge in [0.25, 0.3) is 0 Å². The second kappa shape index (κ2) is 7.09. The molecule has 1 unspecified atom stereocenters. The van der Waals surface area contributed by atoms with E-state index in [2.05, 4.69) is 26.1 Å². The quantitative estimate of drug-likeness (QED) is 0.608. The zero-order chi connectivity index (χ0) is 14.4. The van der Waals surface area contributed by atoms with Gasteiger partial charge in [-0.1, -0.05) is 19.9 Å². The SMILES string of the molecule is COc1ccc(CNC(C)CC(C)C)cc1[N+](=O)[O-]. The van der Waals surface area contributed by atoms with E-state index in [1.165, 1.54) is 7.11 Å². The Bertz CT molecular complexity index is 433. The number of hydrogen-bond donors (Lipinski definition) is 1. The van der Waals surface area contributed by atoms with Crippen LogP contribution in [0.3, 0.4) is 0 Å². The largest absolute Gasteiger partial charge is 0.490 e. The van der Waals surface area contributed by atoms with E-state index in [4.69, 9.17) is 4.74 Å². The molecule has 0 radical (unpaired) electrons. The summed E-state index contributed by atoms with van der Waals surface area (Å²) in [6, 6.07) is 5.44. The van der Waals surface area contributed by atoms with Gasteiger partial charge in [0.05, 0.1) is 12.0 Å². The third-order valence-electron chi connectivity index (χ3n) is 2.92. The number of nitrogens with zero attached hydrogens (tertiary/aromatic N) is 1. The molecule has 19 heavy (non-hydrogen) atoms. The maximum atomic E-state index is 10.9. The van der Waals surface area contributed by atoms with E-state index in [1.807, 2.05) is 6.07 Å². The van der Waals surface area contributed by atoms with Crippen LogP contribution in [-0.4, -0.2) is 18.1 Å². The topological polar surface area (TPSA) is 64.4 Å². The Balaban J connectivity index is 2.69. The van der Waals surface area contributed by atoms with Gasteiger partial charge in [0.1, 0.15) is 0 Å². The van der Waals surface area contributed by atoms with Crippen molar-refractivity contribution in [1.29, 1.82) is 0 Å². The van der Waals surface area contributed by atoms with Gasteiger partial charge in [-0.3, -0.25) is 10.1 Å². The molecule has 0 fully saturated rings. The molecule has 0 amide bonds. The van der Waals surface area contributed by atoms with Crippen LogP contribution >= 0.6 is 0 Å². The fourth-order valence-electron chi connectivity index (χ4n) is 2.07. The summed E-state index contributed by atoms with van der Waals surface area (Å²) in [6.45, 7) is 7.10. The van der Waals surface area contributed by atoms with Crippen molar-refractivity contribution in [3.05, 3.63) is 33.9 Å². The van der Waals surface area contributed by atoms with Crippen LogP contribution in [0.25, 0.3) is 0 Å². The fraction of sp³-hybridized carbons (Fsp3) is 0.571. The monoisotopic (exact) mass is 266 g/mol. The lowest BCUT2D eigenvalue weighted by atomic mass is 10.0. The van der Waals surface area contributed by atoms with Crippen LogP contribution in [0.5, 0.6) is 5.75 Å². The zero-order valence-electron chi connectivity index (χ0n) is 12.0. The van der Waals surface area contributed by atoms with Crippen molar-refractivity contribution in [1.82, 2.24) is 5.32 Å². The van der Waals surface area contributed by atoms with Gasteiger partial charge in [-0.2, -0.15) is 0 Å². The Morgan fingerprint density at radius 1 is 1.37 bits per heavy atom. The minimum absolute atomic E-state index is 0.0123. The Labute approximate surface area is 114 Å². The number of benzene rings is 1. The number of rotatable bonds is 7. The van der Waals surface area contributed by atoms with E-state index in [9.17, 15) is 10.1 Å². The van der Waals surface area contributed by atoms with Crippen LogP contribution in [0.4, 0.5) is 5.69 Å². The van der Waals surface area contributed by atoms with E-state index < -0.39 is 4.92 Å². The van der Waals surface area contributed by atoms with E-state index >= 15 is 0 Å². The summed E-state index contributed by atoms with van der Waals surface area (Å²) in [5.41, 5.74) is 0.904. The van der Waals surface area contributed by atoms with Crippen LogP contribution in [0.2, 0.25) is 0 Å². The molecule has 0 aliphatic carbocycles. The van der Waals surface area contributed by atoms with Crippen LogP contribution in [-0.2, 0) is 6.54 Å². The van der Waals surface area contributed by atoms with Crippen LogP contribution in [0.15, 0.2) is 18.2 Å². The van der Waals surface area contributed by atoms with Crippen molar-refractivity contribution in [2.75, 3.05) is 7.11 Å². The predicted molar refractivity (Wildman–Crippen MR) is 75.4 cm³/mol. The zero-order valence-corrected chi connectivity index (χ0v) is 12.0. The highest BCUT2D eigenvalue weighted by Gasteiger charge is 2.15. The summed E-state index contributed by atoms with van der Waals surface area (Å²) in [6.07, 6.45) is 1.08. The van der Waals surface area contributed by atoms with Gasteiger partial charge in [-0.25, -0.2) is 0 Å². The van der Waals surface area contributed by atoms with E-state index in [-0.39, 0.29) is 5.69 Å². The molecule has 5 nitrogen and oxygen atoms in total. The highest BCUT2D eigenvalue weighted by Crippen LogP contribution is 2.27. The molecule has 0 spiro atoms. The highest BCUT2D eigenvalue weighted by atomic mass is 16.6. The molecule has 0 aliphatic heterocycles. The highest BCUT2D eigenvalue weighted by molar-refractivity contribution is 5.48. The molecule has 0 saturated heterocycles. The second-order valence-electron chi connectivity index (χ2n) is 5.17. The Hall–Kier alpha value is -1.62. The van der Waals surface area contributed by atoms with Crippen molar-refractivity contribution < 1.29 is 9.66 Å². The van der Waals surface area contributed by atoms with Crippen molar-refractivity contribution in [3.63, 3.8) is 0 Å². The summed E-state index contributed by atoms with van der Waals surface area (Å²) in [5.74, 6) is 0.927. The van der Waals surface area contributed by atoms with Gasteiger partial charge in [-0.15, -0.1) is 0 Å². The van der Waals surface area contributed by atoms with Gasteiger partial charge in [0.2, 0.25) is 0 Å². The minimum atomic E-state index is -0.417. The molecule has 106 valence electrons. The first-order valence-electron chi connectivity index (χ1n) is 6.48. The Morgan fingerprint density at radius 3 is 2.58 bits per heavy atom. The van der Waals surface area contributed by atoms with Gasteiger partial charge >= 0.3 is 5.69 Å². The molecule has 1 aromatic carbocycles. The number of nitro benzene ring substituents is 1. The molecule has 0 aliphatic rings. The lowest BCUT2D eigenvalue weighted by molar-refractivity contribution is -0.385. The van der Waals surface area contributed by atoms with E-state index in [0.29, 0.717) is 24.3 Å². The summed E-state index contributed by atoms with van der Waals surface area (Å²) in [7, 11) is 1.44. The van der Waals surface area contributed by atoms with E-state index in [0.717, 1.165) is 12.0 Å². The average molecular weight is 266 g/mol. The molecular formula is C14H22N2O3. The first kappa shape index (κ1) is 15.4. The first-order valence-corrected chi connectivity index (χ1v) is 6.48. The number of nitro groups is 1. The third kappa shape index (κ3) is 4.87. The number of hydrogen-bond acceptors (Lipinski definition) is 4. The molecule has 0 aromatic heterocycles. The molecular weight excluding hydrogens is 244 g/mol. The standard InChI is InChI=1S/C14H22N2O3/c1-10(2)7-11(3)15-9-12-5-6-14(19-4)13(8-12)16(17)18/h5-6,8,10-11,15H,7,9H2,1-4H3. The van der Waals surface area contributed by atoms with Gasteiger partial charge in [-0.05, 0) is 30.9 Å². The number of nitrogens with one attached hydrogen (secondary N) is 1. The normalized spacial score (nSPS) is 12.5. The molecule has 5 heteroatoms. The third-order valence-corrected chi connectivity index (χ3v) is 2.92. The van der Waals surface area contributed by atoms with Crippen molar-refractivity contribution in [2.24, 2.45) is 5.92 Å². The molecule has 1 N–H and O–H groups in total. The average Bonchev–Trinajstić information content (AvgIpc) is 2.35. The van der Waals surface area contributed by atoms with Crippen LogP contribution in [0, 0.1) is 16.0 Å². The predicted octanol–water partition coefficient (Wildman–Crippen LogP) is 3.13. The van der Waals surface area contributed by atoms with Gasteiger partial charge in [0, 0.05) is 18.7 Å². The summed E-state index contributed by atoms with van der Waals surface area (Å²) in [4.78, 5) is 10.5. The maximum Gasteiger partial charge on any atom is 0.311 e. The summed E-state index contributed by atoms with van der Waals surface area (Å²) in [5, 5.41) is 14.3. The molecule has 0 bridgehead atoms. The fourth-order valence-corrected chi connectivity index (χ4v) is 2.07. The van der Waals surface area contributed by atoms with Crippen LogP contribution in [0.1, 0.15) is 32.8 Å². The van der Waals surface area contributed by atoms with Gasteiger partial charge < -0.3 is 10.1 Å². The smallest absolute Gasteiger partial charge is 0.311 e. The summed E-state index contributed by atoms with van der Waals surface area (Å²) >= 11 is 0. The van der Waals surface area contributed by atoms with Crippen LogP contribution < -0.4 is 10.1 Å². The number of methoxy groups -OCH3 is 1.